The molecule has 25 heavy (non-hydrogen) atoms. The van der Waals surface area contributed by atoms with Gasteiger partial charge in [-0.15, -0.1) is 0 Å². The Morgan fingerprint density at radius 1 is 1.12 bits per heavy atom. The van der Waals surface area contributed by atoms with Gasteiger partial charge in [-0.1, -0.05) is 56.5 Å². The molecule has 1 heterocycles. The van der Waals surface area contributed by atoms with Gasteiger partial charge >= 0.3 is 0 Å². The van der Waals surface area contributed by atoms with Gasteiger partial charge in [0.2, 0.25) is 0 Å². The average molecular weight is 331 g/mol. The third-order valence-electron chi connectivity index (χ3n) is 5.47. The Balaban J connectivity index is 2.14. The highest BCUT2D eigenvalue weighted by Gasteiger charge is 2.38. The molecule has 1 aromatic carbocycles. The first kappa shape index (κ1) is 17.3. The first-order chi connectivity index (χ1) is 12.3. The molecule has 3 nitrogen and oxygen atoms in total. The van der Waals surface area contributed by atoms with Crippen LogP contribution in [0, 0.1) is 28.6 Å². The summed E-state index contributed by atoms with van der Waals surface area (Å²) in [5.74, 6) is 0.312. The van der Waals surface area contributed by atoms with E-state index < -0.39 is 0 Å². The second kappa shape index (κ2) is 8.04. The molecule has 1 aromatic rings. The van der Waals surface area contributed by atoms with E-state index in [1.165, 1.54) is 30.5 Å². The van der Waals surface area contributed by atoms with E-state index in [4.69, 9.17) is 0 Å². The van der Waals surface area contributed by atoms with Crippen LogP contribution in [0.25, 0.3) is 5.70 Å². The van der Waals surface area contributed by atoms with E-state index in [-0.39, 0.29) is 0 Å². The maximum Gasteiger partial charge on any atom is 0.133 e. The highest BCUT2D eigenvalue weighted by molar-refractivity contribution is 5.70. The second-order valence-corrected chi connectivity index (χ2v) is 6.95. The summed E-state index contributed by atoms with van der Waals surface area (Å²) in [6.07, 6.45) is 9.09. The second-order valence-electron chi connectivity index (χ2n) is 6.95. The monoisotopic (exact) mass is 331 g/mol. The van der Waals surface area contributed by atoms with Crippen LogP contribution in [-0.4, -0.2) is 17.5 Å². The summed E-state index contributed by atoms with van der Waals surface area (Å²) >= 11 is 0. The van der Waals surface area contributed by atoms with Gasteiger partial charge < -0.3 is 4.90 Å². The van der Waals surface area contributed by atoms with E-state index in [0.717, 1.165) is 31.4 Å². The number of rotatable bonds is 4. The van der Waals surface area contributed by atoms with Gasteiger partial charge in [-0.3, -0.25) is 0 Å². The van der Waals surface area contributed by atoms with Gasteiger partial charge in [0.05, 0.1) is 0 Å². The lowest BCUT2D eigenvalue weighted by Crippen LogP contribution is -2.45. The molecule has 3 heteroatoms. The number of hydrogen-bond donors (Lipinski definition) is 0. The molecule has 0 N–H and O–H groups in total. The van der Waals surface area contributed by atoms with Crippen LogP contribution in [0.5, 0.6) is 0 Å². The van der Waals surface area contributed by atoms with Gasteiger partial charge in [0, 0.05) is 24.2 Å². The SMILES string of the molecule is CCCCN1C(c2ccccc2)=CC(=C(C#N)C#N)[C@@H]2CCCC[C@H]21. The number of nitrogens with zero attached hydrogens (tertiary/aromatic N) is 3. The van der Waals surface area contributed by atoms with Crippen molar-refractivity contribution in [2.24, 2.45) is 5.92 Å². The lowest BCUT2D eigenvalue weighted by atomic mass is 9.74. The lowest BCUT2D eigenvalue weighted by molar-refractivity contribution is 0.172. The molecule has 1 fully saturated rings. The number of allylic oxidation sites excluding steroid dienone is 2. The Bertz CT molecular complexity index is 730. The summed E-state index contributed by atoms with van der Waals surface area (Å²) in [6, 6.07) is 15.1. The Hall–Kier alpha value is -2.52. The van der Waals surface area contributed by atoms with Gasteiger partial charge in [0.15, 0.2) is 0 Å². The van der Waals surface area contributed by atoms with Gasteiger partial charge in [-0.05, 0) is 36.5 Å². The Morgan fingerprint density at radius 3 is 2.52 bits per heavy atom. The van der Waals surface area contributed by atoms with Crippen molar-refractivity contribution in [3.05, 3.63) is 53.1 Å². The van der Waals surface area contributed by atoms with Crippen LogP contribution in [0.4, 0.5) is 0 Å². The predicted octanol–water partition coefficient (Wildman–Crippen LogP) is 5.05. The minimum absolute atomic E-state index is 0.292. The maximum absolute atomic E-state index is 9.46. The lowest BCUT2D eigenvalue weighted by Gasteiger charge is -2.46. The third kappa shape index (κ3) is 3.47. The Labute approximate surface area is 150 Å². The molecule has 128 valence electrons. The van der Waals surface area contributed by atoms with Crippen molar-refractivity contribution in [2.45, 2.75) is 51.5 Å². The molecule has 2 aliphatic rings. The zero-order valence-corrected chi connectivity index (χ0v) is 14.9. The molecule has 0 spiro atoms. The minimum Gasteiger partial charge on any atom is -0.367 e. The third-order valence-corrected chi connectivity index (χ3v) is 5.47. The minimum atomic E-state index is 0.292. The van der Waals surface area contributed by atoms with E-state index in [0.29, 0.717) is 17.5 Å². The summed E-state index contributed by atoms with van der Waals surface area (Å²) < 4.78 is 0. The normalized spacial score (nSPS) is 22.4. The molecule has 1 aliphatic carbocycles. The van der Waals surface area contributed by atoms with Gasteiger partial charge in [0.25, 0.3) is 0 Å². The fraction of sp³-hybridized carbons (Fsp3) is 0.455. The molecule has 0 unspecified atom stereocenters. The van der Waals surface area contributed by atoms with Crippen LogP contribution in [0.1, 0.15) is 51.0 Å². The maximum atomic E-state index is 9.46. The standard InChI is InChI=1S/C22H25N3/c1-2-3-13-25-21-12-8-7-11-19(21)20(18(15-23)16-24)14-22(25)17-9-5-4-6-10-17/h4-6,9-10,14,19,21H,2-3,7-8,11-13H2,1H3/t19-,21+/m0/s1. The fourth-order valence-corrected chi connectivity index (χ4v) is 4.25. The molecular formula is C22H25N3. The van der Waals surface area contributed by atoms with E-state index in [1.54, 1.807) is 0 Å². The number of fused-ring (bicyclic) bond motifs is 1. The van der Waals surface area contributed by atoms with Crippen molar-refractivity contribution in [3.63, 3.8) is 0 Å². The topological polar surface area (TPSA) is 50.8 Å². The molecule has 0 saturated heterocycles. The largest absolute Gasteiger partial charge is 0.367 e. The molecule has 3 rings (SSSR count). The zero-order chi connectivity index (χ0) is 17.6. The van der Waals surface area contributed by atoms with Gasteiger partial charge in [-0.2, -0.15) is 10.5 Å². The molecule has 0 aromatic heterocycles. The quantitative estimate of drug-likeness (QED) is 0.726. The van der Waals surface area contributed by atoms with Crippen molar-refractivity contribution in [3.8, 4) is 12.1 Å². The Morgan fingerprint density at radius 2 is 1.84 bits per heavy atom. The number of hydrogen-bond acceptors (Lipinski definition) is 3. The number of benzene rings is 1. The van der Waals surface area contributed by atoms with E-state index in [2.05, 4.69) is 54.3 Å². The molecule has 0 amide bonds. The first-order valence-corrected chi connectivity index (χ1v) is 9.38. The van der Waals surface area contributed by atoms with Crippen molar-refractivity contribution in [1.82, 2.24) is 4.90 Å². The smallest absolute Gasteiger partial charge is 0.133 e. The first-order valence-electron chi connectivity index (χ1n) is 9.38. The van der Waals surface area contributed by atoms with Crippen LogP contribution < -0.4 is 0 Å². The van der Waals surface area contributed by atoms with Crippen LogP contribution in [0.3, 0.4) is 0 Å². The molecule has 0 bridgehead atoms. The van der Waals surface area contributed by atoms with Crippen LogP contribution in [0.15, 0.2) is 47.6 Å². The summed E-state index contributed by atoms with van der Waals surface area (Å²) in [5.41, 5.74) is 3.60. The van der Waals surface area contributed by atoms with Crippen LogP contribution in [-0.2, 0) is 0 Å². The van der Waals surface area contributed by atoms with E-state index in [1.807, 2.05) is 6.07 Å². The van der Waals surface area contributed by atoms with Crippen LogP contribution in [0.2, 0.25) is 0 Å². The van der Waals surface area contributed by atoms with Gasteiger partial charge in [-0.25, -0.2) is 0 Å². The summed E-state index contributed by atoms with van der Waals surface area (Å²) in [6.45, 7) is 3.27. The predicted molar refractivity (Wildman–Crippen MR) is 100 cm³/mol. The van der Waals surface area contributed by atoms with E-state index in [9.17, 15) is 10.5 Å². The highest BCUT2D eigenvalue weighted by Crippen LogP contribution is 2.43. The number of unbranched alkanes of at least 4 members (excludes halogenated alkanes) is 1. The molecule has 0 radical (unpaired) electrons. The van der Waals surface area contributed by atoms with Crippen molar-refractivity contribution < 1.29 is 0 Å². The van der Waals surface area contributed by atoms with Crippen molar-refractivity contribution in [1.29, 1.82) is 10.5 Å². The van der Waals surface area contributed by atoms with Crippen molar-refractivity contribution in [2.75, 3.05) is 6.54 Å². The summed E-state index contributed by atoms with van der Waals surface area (Å²) in [4.78, 5) is 2.55. The van der Waals surface area contributed by atoms with Gasteiger partial charge in [0.1, 0.15) is 17.7 Å². The number of nitriles is 2. The molecule has 1 aliphatic heterocycles. The summed E-state index contributed by atoms with van der Waals surface area (Å²) in [5, 5.41) is 18.9. The highest BCUT2D eigenvalue weighted by atomic mass is 15.2. The Kier molecular flexibility index (Phi) is 5.56. The summed E-state index contributed by atoms with van der Waals surface area (Å²) in [7, 11) is 0. The average Bonchev–Trinajstić information content (AvgIpc) is 2.68. The molecular weight excluding hydrogens is 306 g/mol. The van der Waals surface area contributed by atoms with Crippen LogP contribution >= 0.6 is 0 Å². The van der Waals surface area contributed by atoms with Crippen molar-refractivity contribution >= 4 is 5.70 Å². The fourth-order valence-electron chi connectivity index (χ4n) is 4.25. The van der Waals surface area contributed by atoms with E-state index >= 15 is 0 Å². The molecule has 2 atom stereocenters. The zero-order valence-electron chi connectivity index (χ0n) is 14.9. The molecule has 1 saturated carbocycles.